The Morgan fingerprint density at radius 3 is 2.10 bits per heavy atom. The molecule has 0 aliphatic carbocycles. The number of rotatable bonds is 15. The fourth-order valence-electron chi connectivity index (χ4n) is 4.85. The van der Waals surface area contributed by atoms with Crippen LogP contribution in [0.1, 0.15) is 72.1 Å². The highest BCUT2D eigenvalue weighted by Crippen LogP contribution is 2.41. The van der Waals surface area contributed by atoms with E-state index in [0.29, 0.717) is 18.8 Å². The molecule has 1 aliphatic heterocycles. The number of hydrogen-bond acceptors (Lipinski definition) is 7. The smallest absolute Gasteiger partial charge is 0.333 e. The molecule has 0 atom stereocenters. The Bertz CT molecular complexity index is 1320. The van der Waals surface area contributed by atoms with E-state index in [4.69, 9.17) is 9.47 Å². The van der Waals surface area contributed by atoms with Gasteiger partial charge < -0.3 is 20.1 Å². The summed E-state index contributed by atoms with van der Waals surface area (Å²) in [6.07, 6.45) is 9.08. The molecule has 1 aliphatic rings. The molecule has 7 heteroatoms. The minimum absolute atomic E-state index is 0.208. The molecule has 0 spiro atoms. The highest BCUT2D eigenvalue weighted by atomic mass is 16.5. The van der Waals surface area contributed by atoms with Gasteiger partial charge in [-0.15, -0.1) is 5.11 Å². The van der Waals surface area contributed by atoms with Gasteiger partial charge in [0.05, 0.1) is 24.6 Å². The number of benzene rings is 3. The van der Waals surface area contributed by atoms with Gasteiger partial charge in [-0.3, -0.25) is 0 Å². The number of hydrogen-bond donors (Lipinski definition) is 2. The SMILES string of the molecule is C=C(C)C(=O)OCCCCCCCCCCOc1ccc(N=Nc2ccc3c4c(cccc24)NC(C)(C)N3)cc1. The third kappa shape index (κ3) is 8.31. The first-order chi connectivity index (χ1) is 19.3. The van der Waals surface area contributed by atoms with Gasteiger partial charge in [0.1, 0.15) is 11.4 Å². The summed E-state index contributed by atoms with van der Waals surface area (Å²) in [5.74, 6) is 0.566. The summed E-state index contributed by atoms with van der Waals surface area (Å²) < 4.78 is 11.0. The molecule has 0 fully saturated rings. The first-order valence-electron chi connectivity index (χ1n) is 14.4. The molecule has 3 aromatic carbocycles. The van der Waals surface area contributed by atoms with Gasteiger partial charge in [0, 0.05) is 27.7 Å². The van der Waals surface area contributed by atoms with Gasteiger partial charge in [-0.2, -0.15) is 5.11 Å². The summed E-state index contributed by atoms with van der Waals surface area (Å²) in [7, 11) is 0. The summed E-state index contributed by atoms with van der Waals surface area (Å²) in [6.45, 7) is 10.7. The van der Waals surface area contributed by atoms with E-state index in [1.807, 2.05) is 30.3 Å². The van der Waals surface area contributed by atoms with Crippen LogP contribution in [0.4, 0.5) is 22.7 Å². The Hall–Kier alpha value is -3.87. The zero-order chi connectivity index (χ0) is 28.4. The lowest BCUT2D eigenvalue weighted by Crippen LogP contribution is -2.41. The lowest BCUT2D eigenvalue weighted by molar-refractivity contribution is -0.139. The van der Waals surface area contributed by atoms with E-state index in [1.54, 1.807) is 6.92 Å². The highest BCUT2D eigenvalue weighted by molar-refractivity contribution is 6.09. The lowest BCUT2D eigenvalue weighted by Gasteiger charge is -2.36. The molecule has 0 aromatic heterocycles. The maximum absolute atomic E-state index is 11.3. The van der Waals surface area contributed by atoms with E-state index in [1.165, 1.54) is 32.1 Å². The largest absolute Gasteiger partial charge is 0.494 e. The average molecular weight is 543 g/mol. The van der Waals surface area contributed by atoms with E-state index in [9.17, 15) is 4.79 Å². The number of esters is 1. The van der Waals surface area contributed by atoms with Crippen molar-refractivity contribution in [2.45, 2.75) is 77.8 Å². The second kappa shape index (κ2) is 14.0. The Morgan fingerprint density at radius 2 is 1.43 bits per heavy atom. The summed E-state index contributed by atoms with van der Waals surface area (Å²) >= 11 is 0. The summed E-state index contributed by atoms with van der Waals surface area (Å²) in [6, 6.07) is 18.1. The Morgan fingerprint density at radius 1 is 0.800 bits per heavy atom. The second-order valence-corrected chi connectivity index (χ2v) is 11.0. The third-order valence-corrected chi connectivity index (χ3v) is 6.91. The summed E-state index contributed by atoms with van der Waals surface area (Å²) in [4.78, 5) is 11.3. The monoisotopic (exact) mass is 542 g/mol. The van der Waals surface area contributed by atoms with E-state index in [-0.39, 0.29) is 11.6 Å². The molecule has 0 radical (unpaired) electrons. The summed E-state index contributed by atoms with van der Waals surface area (Å²) in [5.41, 5.74) is 4.09. The highest BCUT2D eigenvalue weighted by Gasteiger charge is 2.25. The first kappa shape index (κ1) is 29.1. The molecule has 0 amide bonds. The molecule has 0 unspecified atom stereocenters. The first-order valence-corrected chi connectivity index (χ1v) is 14.4. The van der Waals surface area contributed by atoms with Crippen molar-refractivity contribution in [2.75, 3.05) is 23.8 Å². The van der Waals surface area contributed by atoms with Crippen molar-refractivity contribution in [2.24, 2.45) is 10.2 Å². The minimum Gasteiger partial charge on any atom is -0.494 e. The molecule has 212 valence electrons. The number of ether oxygens (including phenoxy) is 2. The Balaban J connectivity index is 1.13. The van der Waals surface area contributed by atoms with Gasteiger partial charge >= 0.3 is 5.97 Å². The molecule has 0 bridgehead atoms. The molecule has 40 heavy (non-hydrogen) atoms. The Labute approximate surface area is 238 Å². The molecule has 4 rings (SSSR count). The number of carbonyl (C=O) groups excluding carboxylic acids is 1. The van der Waals surface area contributed by atoms with Gasteiger partial charge in [0.15, 0.2) is 0 Å². The van der Waals surface area contributed by atoms with E-state index in [0.717, 1.165) is 58.5 Å². The van der Waals surface area contributed by atoms with Gasteiger partial charge in [0.2, 0.25) is 0 Å². The fourth-order valence-corrected chi connectivity index (χ4v) is 4.85. The topological polar surface area (TPSA) is 84.3 Å². The van der Waals surface area contributed by atoms with Crippen LogP contribution in [0.2, 0.25) is 0 Å². The average Bonchev–Trinajstić information content (AvgIpc) is 2.93. The van der Waals surface area contributed by atoms with Crippen LogP contribution in [0.3, 0.4) is 0 Å². The minimum atomic E-state index is -0.288. The summed E-state index contributed by atoms with van der Waals surface area (Å²) in [5, 5.41) is 18.3. The fraction of sp³-hybridized carbons (Fsp3) is 0.424. The van der Waals surface area contributed by atoms with Gasteiger partial charge in [-0.25, -0.2) is 4.79 Å². The third-order valence-electron chi connectivity index (χ3n) is 6.91. The van der Waals surface area contributed by atoms with E-state index < -0.39 is 0 Å². The molecule has 2 N–H and O–H groups in total. The lowest BCUT2D eigenvalue weighted by atomic mass is 10.00. The van der Waals surface area contributed by atoms with Crippen molar-refractivity contribution in [1.82, 2.24) is 0 Å². The van der Waals surface area contributed by atoms with Crippen LogP contribution >= 0.6 is 0 Å². The molecular weight excluding hydrogens is 500 g/mol. The molecule has 0 saturated carbocycles. The van der Waals surface area contributed by atoms with Crippen LogP contribution < -0.4 is 15.4 Å². The number of azo groups is 1. The van der Waals surface area contributed by atoms with Crippen LogP contribution in [0, 0.1) is 0 Å². The zero-order valence-electron chi connectivity index (χ0n) is 24.1. The van der Waals surface area contributed by atoms with Crippen molar-refractivity contribution in [3.63, 3.8) is 0 Å². The van der Waals surface area contributed by atoms with E-state index >= 15 is 0 Å². The van der Waals surface area contributed by atoms with Crippen LogP contribution in [0.5, 0.6) is 5.75 Å². The maximum atomic E-state index is 11.3. The number of nitrogens with zero attached hydrogens (tertiary/aromatic N) is 2. The van der Waals surface area contributed by atoms with Crippen molar-refractivity contribution in [3.8, 4) is 5.75 Å². The normalized spacial score (nSPS) is 13.6. The molecule has 3 aromatic rings. The van der Waals surface area contributed by atoms with Gasteiger partial charge in [-0.1, -0.05) is 57.2 Å². The quantitative estimate of drug-likeness (QED) is 0.0864. The van der Waals surface area contributed by atoms with Crippen LogP contribution in [-0.4, -0.2) is 24.8 Å². The standard InChI is InChI=1S/C33H42N4O3/c1-24(2)32(38)40-23-12-10-8-6-5-7-9-11-22-39-26-18-16-25(17-19-26)36-37-28-20-21-30-31-27(28)14-13-15-29(31)34-33(3,4)35-30/h13-21,34-35H,1,5-12,22-23H2,2-4H3. The van der Waals surface area contributed by atoms with Crippen LogP contribution in [0.15, 0.2) is 77.0 Å². The predicted molar refractivity (Wildman–Crippen MR) is 164 cm³/mol. The van der Waals surface area contributed by atoms with E-state index in [2.05, 4.69) is 65.6 Å². The van der Waals surface area contributed by atoms with Gasteiger partial charge in [0.25, 0.3) is 0 Å². The second-order valence-electron chi connectivity index (χ2n) is 11.0. The van der Waals surface area contributed by atoms with Crippen molar-refractivity contribution < 1.29 is 14.3 Å². The Kier molecular flexibility index (Phi) is 10.2. The molecule has 1 heterocycles. The van der Waals surface area contributed by atoms with Gasteiger partial charge in [-0.05, 0) is 76.1 Å². The van der Waals surface area contributed by atoms with Crippen molar-refractivity contribution in [1.29, 1.82) is 0 Å². The zero-order valence-corrected chi connectivity index (χ0v) is 24.1. The van der Waals surface area contributed by atoms with Crippen LogP contribution in [0.25, 0.3) is 10.8 Å². The maximum Gasteiger partial charge on any atom is 0.333 e. The van der Waals surface area contributed by atoms with Crippen molar-refractivity contribution >= 4 is 39.5 Å². The number of unbranched alkanes of at least 4 members (excludes halogenated alkanes) is 7. The molecular formula is C33H42N4O3. The number of nitrogens with one attached hydrogen (secondary N) is 2. The molecule has 7 nitrogen and oxygen atoms in total. The van der Waals surface area contributed by atoms with Crippen LogP contribution in [-0.2, 0) is 9.53 Å². The predicted octanol–water partition coefficient (Wildman–Crippen LogP) is 9.45. The number of carbonyl (C=O) groups is 1. The van der Waals surface area contributed by atoms with Crippen molar-refractivity contribution in [3.05, 3.63) is 66.7 Å². The number of anilines is 2. The molecule has 0 saturated heterocycles.